The Bertz CT molecular complexity index is 1030. The van der Waals surface area contributed by atoms with Crippen molar-refractivity contribution in [2.45, 2.75) is 27.2 Å². The Labute approximate surface area is 203 Å². The number of methoxy groups -OCH3 is 1. The normalized spacial score (nSPS) is 14.9. The first-order chi connectivity index (χ1) is 15.3. The lowest BCUT2D eigenvalue weighted by Crippen LogP contribution is -2.27. The van der Waals surface area contributed by atoms with E-state index in [9.17, 15) is 4.79 Å². The smallest absolute Gasteiger partial charge is 0.266 e. The number of likely N-dealkylation sites (N-methyl/N-ethyl adjacent to an activating group) is 1. The Kier molecular flexibility index (Phi) is 8.45. The number of thioether (sulfide) groups is 1. The van der Waals surface area contributed by atoms with Crippen molar-refractivity contribution < 1.29 is 19.0 Å². The molecule has 32 heavy (non-hydrogen) atoms. The number of ether oxygens (including phenoxy) is 3. The molecule has 170 valence electrons. The van der Waals surface area contributed by atoms with E-state index in [-0.39, 0.29) is 5.91 Å². The highest BCUT2D eigenvalue weighted by atomic mass is 35.5. The summed E-state index contributed by atoms with van der Waals surface area (Å²) in [6, 6.07) is 9.64. The van der Waals surface area contributed by atoms with E-state index in [0.29, 0.717) is 51.9 Å². The highest BCUT2D eigenvalue weighted by Crippen LogP contribution is 2.39. The summed E-state index contributed by atoms with van der Waals surface area (Å²) in [6.07, 6.45) is 2.46. The van der Waals surface area contributed by atoms with Gasteiger partial charge in [-0.05, 0) is 55.7 Å². The Balaban J connectivity index is 1.64. The van der Waals surface area contributed by atoms with Gasteiger partial charge in [0.1, 0.15) is 10.1 Å². The van der Waals surface area contributed by atoms with Gasteiger partial charge in [-0.25, -0.2) is 0 Å². The Morgan fingerprint density at radius 1 is 1.12 bits per heavy atom. The van der Waals surface area contributed by atoms with Gasteiger partial charge in [0, 0.05) is 13.0 Å². The molecule has 0 aliphatic carbocycles. The minimum Gasteiger partial charge on any atom is -0.493 e. The summed E-state index contributed by atoms with van der Waals surface area (Å²) in [5.41, 5.74) is 2.97. The highest BCUT2D eigenvalue weighted by Gasteiger charge is 2.30. The molecule has 2 aromatic rings. The van der Waals surface area contributed by atoms with Crippen LogP contribution < -0.4 is 14.2 Å². The second-order valence-electron chi connectivity index (χ2n) is 7.23. The summed E-state index contributed by atoms with van der Waals surface area (Å²) in [7, 11) is 1.56. The zero-order chi connectivity index (χ0) is 23.3. The van der Waals surface area contributed by atoms with Gasteiger partial charge in [-0.3, -0.25) is 9.69 Å². The maximum absolute atomic E-state index is 12.5. The van der Waals surface area contributed by atoms with Crippen LogP contribution in [0.25, 0.3) is 6.08 Å². The van der Waals surface area contributed by atoms with Gasteiger partial charge in [-0.15, -0.1) is 0 Å². The van der Waals surface area contributed by atoms with Crippen LogP contribution in [0, 0.1) is 13.8 Å². The lowest BCUT2D eigenvalue weighted by molar-refractivity contribution is -0.121. The van der Waals surface area contributed by atoms with E-state index in [4.69, 9.17) is 38.0 Å². The fraction of sp³-hybridized carbons (Fsp3) is 0.333. The summed E-state index contributed by atoms with van der Waals surface area (Å²) >= 11 is 13.0. The SMILES string of the molecule is CCN1C(=O)/C(=C\c2cc(Cl)c(OCCCOc3c(C)cccc3C)c(OC)c2)SC1=S. The van der Waals surface area contributed by atoms with Crippen LogP contribution in [-0.4, -0.2) is 42.0 Å². The number of para-hydroxylation sites is 1. The predicted octanol–water partition coefficient (Wildman–Crippen LogP) is 6.03. The van der Waals surface area contributed by atoms with E-state index >= 15 is 0 Å². The number of halogens is 1. The molecule has 0 saturated carbocycles. The maximum Gasteiger partial charge on any atom is 0.266 e. The van der Waals surface area contributed by atoms with Gasteiger partial charge in [0.15, 0.2) is 11.5 Å². The highest BCUT2D eigenvalue weighted by molar-refractivity contribution is 8.26. The van der Waals surface area contributed by atoms with Crippen molar-refractivity contribution in [3.63, 3.8) is 0 Å². The number of hydrogen-bond donors (Lipinski definition) is 0. The Morgan fingerprint density at radius 3 is 2.38 bits per heavy atom. The predicted molar refractivity (Wildman–Crippen MR) is 135 cm³/mol. The zero-order valence-corrected chi connectivity index (χ0v) is 21.0. The van der Waals surface area contributed by atoms with E-state index in [1.165, 1.54) is 11.8 Å². The van der Waals surface area contributed by atoms with Crippen LogP contribution in [-0.2, 0) is 4.79 Å². The molecule has 0 bridgehead atoms. The second-order valence-corrected chi connectivity index (χ2v) is 9.31. The molecule has 0 aromatic heterocycles. The summed E-state index contributed by atoms with van der Waals surface area (Å²) in [6.45, 7) is 7.47. The Morgan fingerprint density at radius 2 is 1.78 bits per heavy atom. The van der Waals surface area contributed by atoms with Gasteiger partial charge in [0.25, 0.3) is 5.91 Å². The summed E-state index contributed by atoms with van der Waals surface area (Å²) < 4.78 is 17.9. The molecule has 8 heteroatoms. The third-order valence-corrected chi connectivity index (χ3v) is 6.59. The number of thiocarbonyl (C=S) groups is 1. The van der Waals surface area contributed by atoms with Gasteiger partial charge in [-0.1, -0.05) is 53.8 Å². The third-order valence-electron chi connectivity index (χ3n) is 4.93. The molecule has 0 spiro atoms. The third kappa shape index (κ3) is 5.57. The topological polar surface area (TPSA) is 48.0 Å². The molecule has 2 aromatic carbocycles. The van der Waals surface area contributed by atoms with Gasteiger partial charge in [0.2, 0.25) is 0 Å². The van der Waals surface area contributed by atoms with Crippen LogP contribution in [0.3, 0.4) is 0 Å². The number of amides is 1. The molecule has 1 aliphatic heterocycles. The van der Waals surface area contributed by atoms with Gasteiger partial charge in [0.05, 0.1) is 30.3 Å². The lowest BCUT2D eigenvalue weighted by Gasteiger charge is -2.15. The molecule has 1 amide bonds. The van der Waals surface area contributed by atoms with Crippen LogP contribution in [0.1, 0.15) is 30.0 Å². The molecule has 0 radical (unpaired) electrons. The molecule has 5 nitrogen and oxygen atoms in total. The van der Waals surface area contributed by atoms with Crippen LogP contribution >= 0.6 is 35.6 Å². The summed E-state index contributed by atoms with van der Waals surface area (Å²) in [5.74, 6) is 1.80. The molecular weight excluding hydrogens is 466 g/mol. The van der Waals surface area contributed by atoms with Crippen molar-refractivity contribution in [2.75, 3.05) is 26.9 Å². The number of carbonyl (C=O) groups is 1. The molecule has 3 rings (SSSR count). The summed E-state index contributed by atoms with van der Waals surface area (Å²) in [4.78, 5) is 14.6. The molecular formula is C24H26ClNO4S2. The molecule has 0 atom stereocenters. The molecule has 1 heterocycles. The monoisotopic (exact) mass is 491 g/mol. The van der Waals surface area contributed by atoms with Gasteiger partial charge in [-0.2, -0.15) is 0 Å². The largest absolute Gasteiger partial charge is 0.493 e. The fourth-order valence-corrected chi connectivity index (χ4v) is 4.98. The van der Waals surface area contributed by atoms with E-state index in [2.05, 4.69) is 0 Å². The van der Waals surface area contributed by atoms with Crippen molar-refractivity contribution in [3.8, 4) is 17.2 Å². The summed E-state index contributed by atoms with van der Waals surface area (Å²) in [5, 5.41) is 0.414. The molecule has 0 unspecified atom stereocenters. The number of rotatable bonds is 9. The van der Waals surface area contributed by atoms with Crippen molar-refractivity contribution >= 4 is 51.9 Å². The molecule has 1 aliphatic rings. The van der Waals surface area contributed by atoms with Crippen molar-refractivity contribution in [1.29, 1.82) is 0 Å². The van der Waals surface area contributed by atoms with E-state index in [1.807, 2.05) is 39.0 Å². The first-order valence-corrected chi connectivity index (χ1v) is 11.9. The number of benzene rings is 2. The minimum atomic E-state index is -0.0956. The van der Waals surface area contributed by atoms with Crippen molar-refractivity contribution in [1.82, 2.24) is 4.90 Å². The van der Waals surface area contributed by atoms with Crippen LogP contribution in [0.2, 0.25) is 5.02 Å². The van der Waals surface area contributed by atoms with E-state index in [1.54, 1.807) is 30.2 Å². The van der Waals surface area contributed by atoms with E-state index in [0.717, 1.165) is 22.4 Å². The first-order valence-electron chi connectivity index (χ1n) is 10.3. The standard InChI is InChI=1S/C24H26ClNO4S2/c1-5-26-23(27)20(32-24(26)31)14-17-12-18(25)22(19(13-17)28-4)30-11-7-10-29-21-15(2)8-6-9-16(21)3/h6,8-9,12-14H,5,7,10-11H2,1-4H3/b20-14+. The van der Waals surface area contributed by atoms with Gasteiger partial charge < -0.3 is 14.2 Å². The zero-order valence-electron chi connectivity index (χ0n) is 18.6. The average molecular weight is 492 g/mol. The first kappa shape index (κ1) is 24.4. The fourth-order valence-electron chi connectivity index (χ4n) is 3.32. The van der Waals surface area contributed by atoms with Crippen molar-refractivity contribution in [2.24, 2.45) is 0 Å². The number of hydrogen-bond acceptors (Lipinski definition) is 6. The molecule has 1 fully saturated rings. The number of nitrogens with zero attached hydrogens (tertiary/aromatic N) is 1. The lowest BCUT2D eigenvalue weighted by atomic mass is 10.1. The van der Waals surface area contributed by atoms with E-state index < -0.39 is 0 Å². The molecule has 0 N–H and O–H groups in total. The quantitative estimate of drug-likeness (QED) is 0.242. The second kappa shape index (κ2) is 11.1. The minimum absolute atomic E-state index is 0.0956. The average Bonchev–Trinajstić information content (AvgIpc) is 3.02. The Hall–Kier alpha value is -2.22. The van der Waals surface area contributed by atoms with Crippen molar-refractivity contribution in [3.05, 3.63) is 56.9 Å². The van der Waals surface area contributed by atoms with Crippen LogP contribution in [0.4, 0.5) is 0 Å². The molecule has 1 saturated heterocycles. The number of carbonyl (C=O) groups excluding carboxylic acids is 1. The maximum atomic E-state index is 12.5. The van der Waals surface area contributed by atoms with Crippen LogP contribution in [0.15, 0.2) is 35.2 Å². The van der Waals surface area contributed by atoms with Gasteiger partial charge >= 0.3 is 0 Å². The van der Waals surface area contributed by atoms with Crippen LogP contribution in [0.5, 0.6) is 17.2 Å². The number of aryl methyl sites for hydroxylation is 2.